The number of ether oxygens (including phenoxy) is 1. The van der Waals surface area contributed by atoms with Crippen LogP contribution >= 0.6 is 11.3 Å². The molecular formula is C23H25N3O3S. The Balaban J connectivity index is 1.29. The summed E-state index contributed by atoms with van der Waals surface area (Å²) in [5, 5.41) is 3.90. The number of benzene rings is 2. The molecule has 2 aromatic carbocycles. The summed E-state index contributed by atoms with van der Waals surface area (Å²) in [4.78, 5) is 31.3. The quantitative estimate of drug-likeness (QED) is 0.443. The van der Waals surface area contributed by atoms with Crippen molar-refractivity contribution in [3.63, 3.8) is 0 Å². The molecule has 6 nitrogen and oxygen atoms in total. The number of rotatable bonds is 7. The number of hydrogen-bond acceptors (Lipinski definition) is 6. The second-order valence-corrected chi connectivity index (χ2v) is 8.63. The third-order valence-corrected chi connectivity index (χ3v) is 6.25. The topological polar surface area (TPSA) is 71.5 Å². The molecule has 4 rings (SSSR count). The Morgan fingerprint density at radius 1 is 1.20 bits per heavy atom. The van der Waals surface area contributed by atoms with E-state index in [-0.39, 0.29) is 17.8 Å². The number of nitrogens with zero attached hydrogens (tertiary/aromatic N) is 2. The van der Waals surface area contributed by atoms with Gasteiger partial charge in [-0.3, -0.25) is 4.79 Å². The fraction of sp³-hybridized carbons (Fsp3) is 0.348. The van der Waals surface area contributed by atoms with E-state index in [0.29, 0.717) is 30.9 Å². The maximum absolute atomic E-state index is 12.5. The first-order valence-electron chi connectivity index (χ1n) is 10.2. The van der Waals surface area contributed by atoms with Crippen LogP contribution in [0, 0.1) is 12.8 Å². The minimum atomic E-state index is -0.331. The summed E-state index contributed by atoms with van der Waals surface area (Å²) < 4.78 is 6.37. The highest BCUT2D eigenvalue weighted by Crippen LogP contribution is 2.33. The average Bonchev–Trinajstić information content (AvgIpc) is 3.10. The molecule has 1 amide bonds. The summed E-state index contributed by atoms with van der Waals surface area (Å²) >= 11 is 1.66. The van der Waals surface area contributed by atoms with E-state index in [0.717, 1.165) is 23.5 Å². The number of anilines is 2. The molecule has 156 valence electrons. The number of carbonyl (C=O) groups is 2. The van der Waals surface area contributed by atoms with E-state index < -0.39 is 0 Å². The molecule has 7 heteroatoms. The van der Waals surface area contributed by atoms with Crippen LogP contribution in [-0.2, 0) is 9.53 Å². The highest BCUT2D eigenvalue weighted by atomic mass is 32.1. The molecule has 0 unspecified atom stereocenters. The van der Waals surface area contributed by atoms with Crippen molar-refractivity contribution in [2.75, 3.05) is 29.9 Å². The van der Waals surface area contributed by atoms with E-state index in [9.17, 15) is 9.59 Å². The van der Waals surface area contributed by atoms with Gasteiger partial charge < -0.3 is 15.0 Å². The number of aryl methyl sites for hydroxylation is 1. The zero-order valence-electron chi connectivity index (χ0n) is 17.2. The molecular weight excluding hydrogens is 398 g/mol. The molecule has 1 N–H and O–H groups in total. The van der Waals surface area contributed by atoms with E-state index >= 15 is 0 Å². The van der Waals surface area contributed by atoms with Crippen molar-refractivity contribution >= 4 is 44.2 Å². The van der Waals surface area contributed by atoms with Crippen molar-refractivity contribution in [1.29, 1.82) is 0 Å². The van der Waals surface area contributed by atoms with Gasteiger partial charge in [0.25, 0.3) is 0 Å². The van der Waals surface area contributed by atoms with Gasteiger partial charge in [-0.15, -0.1) is 0 Å². The molecule has 3 aromatic rings. The van der Waals surface area contributed by atoms with Gasteiger partial charge in [0, 0.05) is 18.8 Å². The number of aromatic nitrogens is 1. The fourth-order valence-electron chi connectivity index (χ4n) is 3.28. The van der Waals surface area contributed by atoms with Crippen molar-refractivity contribution in [2.24, 2.45) is 5.92 Å². The Hall–Kier alpha value is -2.93. The lowest BCUT2D eigenvalue weighted by molar-refractivity contribution is -0.120. The fourth-order valence-corrected chi connectivity index (χ4v) is 4.36. The molecule has 2 heterocycles. The smallest absolute Gasteiger partial charge is 0.338 e. The zero-order valence-corrected chi connectivity index (χ0v) is 18.0. The van der Waals surface area contributed by atoms with Crippen LogP contribution in [0.1, 0.15) is 35.7 Å². The standard InChI is InChI=1S/C23H25N3O3S/c1-3-4-11-29-22(28)16-6-8-18(9-7-16)24-21(27)17-13-26(14-17)23-25-19-10-5-15(2)12-20(19)30-23/h5-10,12,17H,3-4,11,13-14H2,1-2H3,(H,24,27). The van der Waals surface area contributed by atoms with Gasteiger partial charge in [-0.25, -0.2) is 9.78 Å². The van der Waals surface area contributed by atoms with E-state index in [1.165, 1.54) is 10.3 Å². The number of esters is 1. The zero-order chi connectivity index (χ0) is 21.1. The van der Waals surface area contributed by atoms with Crippen molar-refractivity contribution in [3.05, 3.63) is 53.6 Å². The predicted octanol–water partition coefficient (Wildman–Crippen LogP) is 4.64. The lowest BCUT2D eigenvalue weighted by Gasteiger charge is -2.37. The van der Waals surface area contributed by atoms with Crippen LogP contribution in [-0.4, -0.2) is 36.6 Å². The lowest BCUT2D eigenvalue weighted by Crippen LogP contribution is -2.52. The van der Waals surface area contributed by atoms with Gasteiger partial charge in [0.15, 0.2) is 5.13 Å². The largest absolute Gasteiger partial charge is 0.462 e. The first-order valence-corrected chi connectivity index (χ1v) is 11.1. The maximum atomic E-state index is 12.5. The van der Waals surface area contributed by atoms with Gasteiger partial charge in [0.1, 0.15) is 0 Å². The Morgan fingerprint density at radius 2 is 1.97 bits per heavy atom. The molecule has 0 bridgehead atoms. The second kappa shape index (κ2) is 8.83. The predicted molar refractivity (Wildman–Crippen MR) is 120 cm³/mol. The number of thiazole rings is 1. The average molecular weight is 424 g/mol. The summed E-state index contributed by atoms with van der Waals surface area (Å²) in [6.45, 7) is 5.87. The van der Waals surface area contributed by atoms with Crippen LogP contribution in [0.2, 0.25) is 0 Å². The van der Waals surface area contributed by atoms with Crippen LogP contribution in [0.15, 0.2) is 42.5 Å². The van der Waals surface area contributed by atoms with Crippen molar-refractivity contribution < 1.29 is 14.3 Å². The highest BCUT2D eigenvalue weighted by Gasteiger charge is 2.34. The third-order valence-electron chi connectivity index (χ3n) is 5.17. The van der Waals surface area contributed by atoms with Gasteiger partial charge in [0.05, 0.1) is 28.3 Å². The first kappa shape index (κ1) is 20.3. The van der Waals surface area contributed by atoms with Gasteiger partial charge in [-0.2, -0.15) is 0 Å². The molecule has 0 atom stereocenters. The van der Waals surface area contributed by atoms with E-state index in [1.54, 1.807) is 35.6 Å². The molecule has 1 saturated heterocycles. The number of unbranched alkanes of at least 4 members (excludes halogenated alkanes) is 1. The number of fused-ring (bicyclic) bond motifs is 1. The first-order chi connectivity index (χ1) is 14.5. The van der Waals surface area contributed by atoms with Crippen molar-refractivity contribution in [1.82, 2.24) is 4.98 Å². The summed E-state index contributed by atoms with van der Waals surface area (Å²) in [6, 6.07) is 13.1. The van der Waals surface area contributed by atoms with Crippen LogP contribution in [0.4, 0.5) is 10.8 Å². The molecule has 1 fully saturated rings. The number of nitrogens with one attached hydrogen (secondary N) is 1. The SMILES string of the molecule is CCCCOC(=O)c1ccc(NC(=O)C2CN(c3nc4ccc(C)cc4s3)C2)cc1. The Bertz CT molecular complexity index is 1060. The molecule has 0 spiro atoms. The monoisotopic (exact) mass is 423 g/mol. The summed E-state index contributed by atoms with van der Waals surface area (Å²) in [5.41, 5.74) is 3.39. The Morgan fingerprint density at radius 3 is 2.70 bits per heavy atom. The summed E-state index contributed by atoms with van der Waals surface area (Å²) in [7, 11) is 0. The van der Waals surface area contributed by atoms with E-state index in [4.69, 9.17) is 4.74 Å². The Labute approximate surface area is 179 Å². The second-order valence-electron chi connectivity index (χ2n) is 7.63. The summed E-state index contributed by atoms with van der Waals surface area (Å²) in [5.74, 6) is -0.416. The normalized spacial score (nSPS) is 13.9. The van der Waals surface area contributed by atoms with Crippen LogP contribution in [0.25, 0.3) is 10.2 Å². The van der Waals surface area contributed by atoms with Crippen molar-refractivity contribution in [3.8, 4) is 0 Å². The third kappa shape index (κ3) is 4.46. The highest BCUT2D eigenvalue weighted by molar-refractivity contribution is 7.22. The minimum Gasteiger partial charge on any atom is -0.462 e. The Kier molecular flexibility index (Phi) is 5.99. The molecule has 1 aliphatic heterocycles. The maximum Gasteiger partial charge on any atom is 0.338 e. The van der Waals surface area contributed by atoms with E-state index in [1.807, 2.05) is 13.0 Å². The molecule has 0 aliphatic carbocycles. The molecule has 0 radical (unpaired) electrons. The summed E-state index contributed by atoms with van der Waals surface area (Å²) in [6.07, 6.45) is 1.84. The van der Waals surface area contributed by atoms with Crippen LogP contribution in [0.5, 0.6) is 0 Å². The minimum absolute atomic E-state index is 0.0125. The lowest BCUT2D eigenvalue weighted by atomic mass is 10.00. The number of hydrogen-bond donors (Lipinski definition) is 1. The van der Waals surface area contributed by atoms with E-state index in [2.05, 4.69) is 34.3 Å². The molecule has 1 aromatic heterocycles. The van der Waals surface area contributed by atoms with Gasteiger partial charge in [-0.1, -0.05) is 30.7 Å². The van der Waals surface area contributed by atoms with Gasteiger partial charge in [0.2, 0.25) is 5.91 Å². The molecule has 0 saturated carbocycles. The van der Waals surface area contributed by atoms with Crippen LogP contribution in [0.3, 0.4) is 0 Å². The van der Waals surface area contributed by atoms with Gasteiger partial charge in [-0.05, 0) is 55.3 Å². The molecule has 30 heavy (non-hydrogen) atoms. The molecule has 1 aliphatic rings. The number of carbonyl (C=O) groups excluding carboxylic acids is 2. The van der Waals surface area contributed by atoms with Crippen LogP contribution < -0.4 is 10.2 Å². The number of amides is 1. The van der Waals surface area contributed by atoms with Gasteiger partial charge >= 0.3 is 5.97 Å². The van der Waals surface area contributed by atoms with Crippen molar-refractivity contribution in [2.45, 2.75) is 26.7 Å².